The molecule has 2 aromatic rings. The van der Waals surface area contributed by atoms with Crippen LogP contribution < -0.4 is 5.76 Å². The number of nitrogens with one attached hydrogen (secondary N) is 1. The Balaban J connectivity index is 2.52. The van der Waals surface area contributed by atoms with Gasteiger partial charge in [0.05, 0.1) is 0 Å². The van der Waals surface area contributed by atoms with Crippen molar-refractivity contribution in [2.75, 3.05) is 0 Å². The number of hydrogen-bond acceptors (Lipinski definition) is 3. The number of aromatic amines is 1. The third-order valence-electron chi connectivity index (χ3n) is 2.22. The Kier molecular flexibility index (Phi) is 1.96. The molecule has 0 spiro atoms. The van der Waals surface area contributed by atoms with Crippen molar-refractivity contribution in [3.63, 3.8) is 0 Å². The molecule has 0 aliphatic heterocycles. The van der Waals surface area contributed by atoms with Gasteiger partial charge in [-0.15, -0.1) is 0 Å². The van der Waals surface area contributed by atoms with E-state index in [0.29, 0.717) is 5.82 Å². The maximum Gasteiger partial charge on any atom is 0.439 e. The number of H-pyrrole nitrogens is 1. The minimum atomic E-state index is -0.529. The smallest absolute Gasteiger partial charge is 0.296 e. The van der Waals surface area contributed by atoms with E-state index in [9.17, 15) is 4.79 Å². The quantitative estimate of drug-likeness (QED) is 0.743. The van der Waals surface area contributed by atoms with E-state index in [2.05, 4.69) is 14.7 Å². The van der Waals surface area contributed by atoms with E-state index in [1.165, 1.54) is 5.56 Å². The molecule has 0 bridgehead atoms. The molecule has 0 saturated carbocycles. The van der Waals surface area contributed by atoms with E-state index in [1.54, 1.807) is 0 Å². The van der Waals surface area contributed by atoms with Crippen LogP contribution in [0.4, 0.5) is 0 Å². The van der Waals surface area contributed by atoms with Gasteiger partial charge in [-0.05, 0) is 31.0 Å². The second kappa shape index (κ2) is 3.14. The van der Waals surface area contributed by atoms with Gasteiger partial charge in [0.1, 0.15) is 0 Å². The first kappa shape index (κ1) is 8.74. The molecular weight excluding hydrogens is 180 g/mol. The number of aryl methyl sites for hydroxylation is 2. The van der Waals surface area contributed by atoms with E-state index in [1.807, 2.05) is 32.0 Å². The summed E-state index contributed by atoms with van der Waals surface area (Å²) in [5, 5.41) is 3.61. The van der Waals surface area contributed by atoms with E-state index in [-0.39, 0.29) is 0 Å². The maximum absolute atomic E-state index is 10.7. The second-order valence-electron chi connectivity index (χ2n) is 3.24. The predicted molar refractivity (Wildman–Crippen MR) is 52.0 cm³/mol. The van der Waals surface area contributed by atoms with Gasteiger partial charge >= 0.3 is 5.76 Å². The molecule has 1 heterocycles. The van der Waals surface area contributed by atoms with E-state index in [0.717, 1.165) is 11.1 Å². The van der Waals surface area contributed by atoms with Crippen molar-refractivity contribution in [1.82, 2.24) is 10.1 Å². The van der Waals surface area contributed by atoms with Crippen LogP contribution in [0.15, 0.2) is 27.5 Å². The van der Waals surface area contributed by atoms with Crippen LogP contribution in [0, 0.1) is 13.8 Å². The third-order valence-corrected chi connectivity index (χ3v) is 2.22. The lowest BCUT2D eigenvalue weighted by Gasteiger charge is -2.00. The van der Waals surface area contributed by atoms with Crippen molar-refractivity contribution < 1.29 is 4.52 Å². The Morgan fingerprint density at radius 2 is 2.07 bits per heavy atom. The minimum absolute atomic E-state index is 0.470. The molecular formula is C10H10N2O2. The van der Waals surface area contributed by atoms with E-state index in [4.69, 9.17) is 0 Å². The zero-order chi connectivity index (χ0) is 10.1. The molecule has 0 saturated heterocycles. The first-order valence-electron chi connectivity index (χ1n) is 4.30. The zero-order valence-electron chi connectivity index (χ0n) is 8.00. The number of benzene rings is 1. The van der Waals surface area contributed by atoms with Crippen molar-refractivity contribution in [3.8, 4) is 11.4 Å². The van der Waals surface area contributed by atoms with Crippen molar-refractivity contribution in [2.45, 2.75) is 13.8 Å². The molecule has 1 aromatic carbocycles. The van der Waals surface area contributed by atoms with Crippen LogP contribution in [0.1, 0.15) is 11.1 Å². The van der Waals surface area contributed by atoms with Crippen LogP contribution in [-0.2, 0) is 0 Å². The summed E-state index contributed by atoms with van der Waals surface area (Å²) in [6, 6.07) is 5.84. The average Bonchev–Trinajstić information content (AvgIpc) is 2.57. The van der Waals surface area contributed by atoms with Crippen LogP contribution in [0.5, 0.6) is 0 Å². The molecule has 0 aliphatic rings. The van der Waals surface area contributed by atoms with Crippen LogP contribution >= 0.6 is 0 Å². The number of rotatable bonds is 1. The molecule has 14 heavy (non-hydrogen) atoms. The molecule has 1 N–H and O–H groups in total. The first-order chi connectivity index (χ1) is 6.66. The van der Waals surface area contributed by atoms with Crippen molar-refractivity contribution in [1.29, 1.82) is 0 Å². The number of nitrogens with zero attached hydrogens (tertiary/aromatic N) is 1. The van der Waals surface area contributed by atoms with Gasteiger partial charge in [-0.1, -0.05) is 17.3 Å². The molecule has 0 unspecified atom stereocenters. The van der Waals surface area contributed by atoms with Gasteiger partial charge in [0.25, 0.3) is 0 Å². The van der Waals surface area contributed by atoms with Gasteiger partial charge in [-0.25, -0.2) is 4.79 Å². The highest BCUT2D eigenvalue weighted by Gasteiger charge is 2.04. The summed E-state index contributed by atoms with van der Waals surface area (Å²) in [6.07, 6.45) is 0. The fourth-order valence-electron chi connectivity index (χ4n) is 1.24. The molecule has 0 radical (unpaired) electrons. The van der Waals surface area contributed by atoms with Crippen LogP contribution in [0.3, 0.4) is 0 Å². The third kappa shape index (κ3) is 1.46. The number of hydrogen-bond donors (Lipinski definition) is 1. The molecule has 0 fully saturated rings. The topological polar surface area (TPSA) is 58.9 Å². The van der Waals surface area contributed by atoms with E-state index < -0.39 is 5.76 Å². The Labute approximate surface area is 80.6 Å². The molecule has 1 aromatic heterocycles. The van der Waals surface area contributed by atoms with Gasteiger partial charge < -0.3 is 0 Å². The van der Waals surface area contributed by atoms with Gasteiger partial charge in [-0.3, -0.25) is 9.51 Å². The number of aromatic nitrogens is 2. The van der Waals surface area contributed by atoms with E-state index >= 15 is 0 Å². The van der Waals surface area contributed by atoms with Crippen LogP contribution in [0.2, 0.25) is 0 Å². The first-order valence-corrected chi connectivity index (χ1v) is 4.30. The normalized spacial score (nSPS) is 10.4. The van der Waals surface area contributed by atoms with Crippen molar-refractivity contribution in [2.24, 2.45) is 0 Å². The summed E-state index contributed by atoms with van der Waals surface area (Å²) in [6.45, 7) is 4.04. The van der Waals surface area contributed by atoms with Gasteiger partial charge in [0.2, 0.25) is 0 Å². The standard InChI is InChI=1S/C10H10N2O2/c1-6-3-4-8(5-7(6)2)9-11-10(13)14-12-9/h3-5H,1-2H3,(H,11,12,13). The predicted octanol–water partition coefficient (Wildman–Crippen LogP) is 1.65. The molecule has 4 heteroatoms. The minimum Gasteiger partial charge on any atom is -0.296 e. The fraction of sp³-hybridized carbons (Fsp3) is 0.200. The Hall–Kier alpha value is -1.84. The summed E-state index contributed by atoms with van der Waals surface area (Å²) in [7, 11) is 0. The molecule has 72 valence electrons. The highest BCUT2D eigenvalue weighted by Crippen LogP contribution is 2.17. The SMILES string of the molecule is Cc1ccc(-c2noc(=O)[nH]2)cc1C. The highest BCUT2D eigenvalue weighted by molar-refractivity contribution is 5.56. The second-order valence-corrected chi connectivity index (χ2v) is 3.24. The Morgan fingerprint density at radius 3 is 2.64 bits per heavy atom. The van der Waals surface area contributed by atoms with Crippen LogP contribution in [-0.4, -0.2) is 10.1 Å². The molecule has 4 nitrogen and oxygen atoms in total. The molecule has 0 atom stereocenters. The van der Waals surface area contributed by atoms with Gasteiger partial charge in [0.15, 0.2) is 5.82 Å². The summed E-state index contributed by atoms with van der Waals surface area (Å²) in [5.74, 6) is -0.0590. The van der Waals surface area contributed by atoms with Gasteiger partial charge in [0, 0.05) is 5.56 Å². The monoisotopic (exact) mass is 190 g/mol. The lowest BCUT2D eigenvalue weighted by Crippen LogP contribution is -1.95. The van der Waals surface area contributed by atoms with Crippen molar-refractivity contribution in [3.05, 3.63) is 39.9 Å². The largest absolute Gasteiger partial charge is 0.439 e. The maximum atomic E-state index is 10.7. The summed E-state index contributed by atoms with van der Waals surface area (Å²) in [4.78, 5) is 13.2. The molecule has 0 amide bonds. The molecule has 2 rings (SSSR count). The molecule has 0 aliphatic carbocycles. The van der Waals surface area contributed by atoms with Gasteiger partial charge in [-0.2, -0.15) is 0 Å². The lowest BCUT2D eigenvalue weighted by atomic mass is 10.1. The van der Waals surface area contributed by atoms with Crippen molar-refractivity contribution >= 4 is 0 Å². The summed E-state index contributed by atoms with van der Waals surface area (Å²) >= 11 is 0. The fourth-order valence-corrected chi connectivity index (χ4v) is 1.24. The zero-order valence-corrected chi connectivity index (χ0v) is 8.00. The van der Waals surface area contributed by atoms with Crippen LogP contribution in [0.25, 0.3) is 11.4 Å². The Morgan fingerprint density at radius 1 is 1.29 bits per heavy atom. The highest BCUT2D eigenvalue weighted by atomic mass is 16.5. The average molecular weight is 190 g/mol. The summed E-state index contributed by atoms with van der Waals surface area (Å²) < 4.78 is 4.43. The summed E-state index contributed by atoms with van der Waals surface area (Å²) in [5.41, 5.74) is 3.23. The lowest BCUT2D eigenvalue weighted by molar-refractivity contribution is 0.388. The Bertz CT molecular complexity index is 511.